The Hall–Kier alpha value is -2.21. The van der Waals surface area contributed by atoms with E-state index >= 15 is 0 Å². The molecule has 0 saturated carbocycles. The number of imidazole rings is 1. The number of carbonyl (C=O) groups is 1. The number of rotatable bonds is 1. The molecule has 1 atom stereocenters. The van der Waals surface area contributed by atoms with Crippen molar-refractivity contribution in [1.29, 1.82) is 0 Å². The van der Waals surface area contributed by atoms with E-state index < -0.39 is 0 Å². The topological polar surface area (TPSA) is 64.2 Å². The summed E-state index contributed by atoms with van der Waals surface area (Å²) in [5, 5.41) is 0. The van der Waals surface area contributed by atoms with Crippen LogP contribution in [0.5, 0.6) is 0 Å². The number of para-hydroxylation sites is 1. The van der Waals surface area contributed by atoms with Gasteiger partial charge >= 0.3 is 0 Å². The van der Waals surface area contributed by atoms with Gasteiger partial charge in [0.05, 0.1) is 23.0 Å². The van der Waals surface area contributed by atoms with Crippen molar-refractivity contribution in [3.63, 3.8) is 0 Å². The third-order valence-corrected chi connectivity index (χ3v) is 4.22. The van der Waals surface area contributed by atoms with Crippen molar-refractivity contribution in [1.82, 2.24) is 14.5 Å². The maximum absolute atomic E-state index is 12.6. The fourth-order valence-electron chi connectivity index (χ4n) is 2.99. The van der Waals surface area contributed by atoms with E-state index in [4.69, 9.17) is 18.0 Å². The Labute approximate surface area is 121 Å². The number of nitrogens with zero attached hydrogens (tertiary/aromatic N) is 3. The van der Waals surface area contributed by atoms with Gasteiger partial charge in [0, 0.05) is 6.54 Å². The first kappa shape index (κ1) is 11.6. The molecular weight excluding hydrogens is 272 g/mol. The molecule has 0 aliphatic carbocycles. The van der Waals surface area contributed by atoms with Gasteiger partial charge in [-0.2, -0.15) is 0 Å². The first-order chi connectivity index (χ1) is 9.68. The lowest BCUT2D eigenvalue weighted by Crippen LogP contribution is -2.45. The molecule has 0 bridgehead atoms. The number of thiocarbonyl (C=S) groups is 1. The Morgan fingerprint density at radius 2 is 2.20 bits per heavy atom. The molecule has 100 valence electrons. The molecule has 2 N–H and O–H groups in total. The minimum Gasteiger partial charge on any atom is -0.388 e. The van der Waals surface area contributed by atoms with Gasteiger partial charge in [0.15, 0.2) is 0 Å². The van der Waals surface area contributed by atoms with Crippen molar-refractivity contribution in [3.05, 3.63) is 47.5 Å². The SMILES string of the molecule is NC(=S)c1ncn2c1[C@@H]1CCN1C(=O)c1ccccc1-2. The van der Waals surface area contributed by atoms with Gasteiger partial charge in [0.1, 0.15) is 17.0 Å². The minimum absolute atomic E-state index is 0.0221. The van der Waals surface area contributed by atoms with Crippen LogP contribution in [-0.2, 0) is 0 Å². The Bertz CT molecular complexity index is 751. The number of nitrogens with two attached hydrogens (primary N) is 1. The van der Waals surface area contributed by atoms with Crippen LogP contribution in [0.2, 0.25) is 0 Å². The lowest BCUT2D eigenvalue weighted by Gasteiger charge is -2.39. The zero-order valence-electron chi connectivity index (χ0n) is 10.6. The first-order valence-corrected chi connectivity index (χ1v) is 6.86. The van der Waals surface area contributed by atoms with Crippen LogP contribution in [0.15, 0.2) is 30.6 Å². The summed E-state index contributed by atoms with van der Waals surface area (Å²) in [5.41, 5.74) is 8.87. The number of fused-ring (bicyclic) bond motifs is 5. The lowest BCUT2D eigenvalue weighted by atomic mass is 9.97. The van der Waals surface area contributed by atoms with Crippen molar-refractivity contribution in [3.8, 4) is 5.69 Å². The molecule has 1 aromatic heterocycles. The van der Waals surface area contributed by atoms with Gasteiger partial charge in [-0.1, -0.05) is 24.4 Å². The highest BCUT2D eigenvalue weighted by molar-refractivity contribution is 7.80. The molecule has 5 nitrogen and oxygen atoms in total. The lowest BCUT2D eigenvalue weighted by molar-refractivity contribution is 0.0460. The Morgan fingerprint density at radius 3 is 2.90 bits per heavy atom. The van der Waals surface area contributed by atoms with Crippen LogP contribution in [0.25, 0.3) is 5.69 Å². The minimum atomic E-state index is 0.0221. The second kappa shape index (κ2) is 3.89. The number of amides is 1. The number of benzene rings is 1. The molecule has 0 radical (unpaired) electrons. The largest absolute Gasteiger partial charge is 0.388 e. The van der Waals surface area contributed by atoms with Gasteiger partial charge in [-0.25, -0.2) is 4.98 Å². The molecule has 2 aromatic rings. The standard InChI is InChI=1S/C14H12N4OS/c15-13(20)11-12-10-5-6-17(10)14(19)8-3-1-2-4-9(8)18(12)7-16-11/h1-4,7,10H,5-6H2,(H2,15,20)/t10-/m0/s1. The third kappa shape index (κ3) is 1.34. The fraction of sp³-hybridized carbons (Fsp3) is 0.214. The predicted octanol–water partition coefficient (Wildman–Crippen LogP) is 1.41. The molecule has 2 aliphatic heterocycles. The summed E-state index contributed by atoms with van der Waals surface area (Å²) in [7, 11) is 0. The van der Waals surface area contributed by atoms with Crippen LogP contribution < -0.4 is 5.73 Å². The summed E-state index contributed by atoms with van der Waals surface area (Å²) in [6.07, 6.45) is 2.62. The van der Waals surface area contributed by atoms with E-state index in [1.54, 1.807) is 6.33 Å². The van der Waals surface area contributed by atoms with Crippen LogP contribution in [0.3, 0.4) is 0 Å². The van der Waals surface area contributed by atoms with Gasteiger partial charge in [-0.15, -0.1) is 0 Å². The molecule has 3 heterocycles. The van der Waals surface area contributed by atoms with E-state index in [1.165, 1.54) is 0 Å². The summed E-state index contributed by atoms with van der Waals surface area (Å²) in [5.74, 6) is 0.0643. The number of hydrogen-bond acceptors (Lipinski definition) is 3. The van der Waals surface area contributed by atoms with Crippen LogP contribution in [0.1, 0.15) is 34.2 Å². The average Bonchev–Trinajstić information content (AvgIpc) is 2.79. The van der Waals surface area contributed by atoms with Crippen molar-refractivity contribution < 1.29 is 4.79 Å². The molecule has 0 spiro atoms. The molecule has 1 saturated heterocycles. The average molecular weight is 284 g/mol. The van der Waals surface area contributed by atoms with E-state index in [0.717, 1.165) is 24.3 Å². The molecule has 1 fully saturated rings. The van der Waals surface area contributed by atoms with Crippen molar-refractivity contribution in [2.45, 2.75) is 12.5 Å². The molecule has 6 heteroatoms. The van der Waals surface area contributed by atoms with E-state index in [9.17, 15) is 4.79 Å². The summed E-state index contributed by atoms with van der Waals surface area (Å²) in [6, 6.07) is 7.59. The molecule has 20 heavy (non-hydrogen) atoms. The smallest absolute Gasteiger partial charge is 0.256 e. The van der Waals surface area contributed by atoms with Gasteiger partial charge in [0.25, 0.3) is 5.91 Å². The number of hydrogen-bond donors (Lipinski definition) is 1. The zero-order valence-corrected chi connectivity index (χ0v) is 11.4. The van der Waals surface area contributed by atoms with Gasteiger partial charge in [0.2, 0.25) is 0 Å². The van der Waals surface area contributed by atoms with Gasteiger partial charge in [-0.3, -0.25) is 9.36 Å². The zero-order chi connectivity index (χ0) is 13.9. The van der Waals surface area contributed by atoms with Crippen molar-refractivity contribution in [2.24, 2.45) is 5.73 Å². The van der Waals surface area contributed by atoms with Crippen LogP contribution in [0.4, 0.5) is 0 Å². The van der Waals surface area contributed by atoms with E-state index in [0.29, 0.717) is 11.3 Å². The predicted molar refractivity (Wildman–Crippen MR) is 77.8 cm³/mol. The van der Waals surface area contributed by atoms with E-state index in [2.05, 4.69) is 4.98 Å². The second-order valence-electron chi connectivity index (χ2n) is 5.03. The quantitative estimate of drug-likeness (QED) is 0.804. The number of carbonyl (C=O) groups excluding carboxylic acids is 1. The Balaban J connectivity index is 2.05. The summed E-state index contributed by atoms with van der Waals surface area (Å²) >= 11 is 5.09. The molecular formula is C14H12N4OS. The van der Waals surface area contributed by atoms with Crippen molar-refractivity contribution in [2.75, 3.05) is 6.54 Å². The highest BCUT2D eigenvalue weighted by atomic mass is 32.1. The monoisotopic (exact) mass is 284 g/mol. The molecule has 1 aromatic carbocycles. The van der Waals surface area contributed by atoms with Crippen LogP contribution in [-0.4, -0.2) is 31.9 Å². The van der Waals surface area contributed by atoms with Crippen LogP contribution >= 0.6 is 12.2 Å². The molecule has 1 amide bonds. The number of aromatic nitrogens is 2. The van der Waals surface area contributed by atoms with E-state index in [1.807, 2.05) is 33.7 Å². The first-order valence-electron chi connectivity index (χ1n) is 6.46. The second-order valence-corrected chi connectivity index (χ2v) is 5.47. The molecule has 2 aliphatic rings. The van der Waals surface area contributed by atoms with Gasteiger partial charge in [-0.05, 0) is 18.6 Å². The highest BCUT2D eigenvalue weighted by Gasteiger charge is 2.41. The third-order valence-electron chi connectivity index (χ3n) is 4.03. The maximum Gasteiger partial charge on any atom is 0.256 e. The normalized spacial score (nSPS) is 19.5. The summed E-state index contributed by atoms with van der Waals surface area (Å²) < 4.78 is 1.95. The Kier molecular flexibility index (Phi) is 2.26. The van der Waals surface area contributed by atoms with E-state index in [-0.39, 0.29) is 16.9 Å². The fourth-order valence-corrected chi connectivity index (χ4v) is 3.15. The summed E-state index contributed by atoms with van der Waals surface area (Å²) in [6.45, 7) is 0.764. The molecule has 4 rings (SSSR count). The summed E-state index contributed by atoms with van der Waals surface area (Å²) in [4.78, 5) is 19.1. The highest BCUT2D eigenvalue weighted by Crippen LogP contribution is 2.40. The van der Waals surface area contributed by atoms with Crippen LogP contribution in [0, 0.1) is 0 Å². The Morgan fingerprint density at radius 1 is 1.40 bits per heavy atom. The molecule has 0 unspecified atom stereocenters. The van der Waals surface area contributed by atoms with Crippen molar-refractivity contribution >= 4 is 23.1 Å². The maximum atomic E-state index is 12.6. The van der Waals surface area contributed by atoms with Gasteiger partial charge < -0.3 is 10.6 Å².